The number of carbonyl (C=O) groups excluding carboxylic acids is 1. The van der Waals surface area contributed by atoms with Gasteiger partial charge in [-0.15, -0.1) is 5.10 Å². The van der Waals surface area contributed by atoms with Gasteiger partial charge in [-0.2, -0.15) is 0 Å². The maximum atomic E-state index is 11.8. The van der Waals surface area contributed by atoms with Gasteiger partial charge in [-0.1, -0.05) is 5.21 Å². The van der Waals surface area contributed by atoms with Crippen LogP contribution < -0.4 is 0 Å². The monoisotopic (exact) mass is 256 g/mol. The Labute approximate surface area is 104 Å². The molecule has 0 aliphatic rings. The van der Waals surface area contributed by atoms with Gasteiger partial charge in [0.05, 0.1) is 6.20 Å². The summed E-state index contributed by atoms with van der Waals surface area (Å²) in [7, 11) is 0. The molecule has 100 valence electrons. The molecule has 0 aliphatic heterocycles. The number of hydrogen-bond donors (Lipinski definition) is 2. The van der Waals surface area contributed by atoms with Crippen molar-refractivity contribution in [1.82, 2.24) is 19.9 Å². The zero-order chi connectivity index (χ0) is 13.5. The van der Waals surface area contributed by atoms with E-state index in [9.17, 15) is 9.59 Å². The molecule has 18 heavy (non-hydrogen) atoms. The minimum absolute atomic E-state index is 0.0241. The van der Waals surface area contributed by atoms with Gasteiger partial charge in [0.15, 0.2) is 5.69 Å². The van der Waals surface area contributed by atoms with E-state index in [4.69, 9.17) is 10.2 Å². The van der Waals surface area contributed by atoms with E-state index in [-0.39, 0.29) is 24.8 Å². The Hall–Kier alpha value is -1.96. The number of carboxylic acids is 1. The third kappa shape index (κ3) is 3.81. The number of aromatic nitrogens is 3. The molecular formula is C10H16N4O4. The first-order valence-electron chi connectivity index (χ1n) is 5.60. The highest BCUT2D eigenvalue weighted by molar-refractivity contribution is 5.84. The van der Waals surface area contributed by atoms with Crippen LogP contribution in [0.4, 0.5) is 0 Å². The topological polar surface area (TPSA) is 109 Å². The Bertz CT molecular complexity index is 418. The lowest BCUT2D eigenvalue weighted by Gasteiger charge is -2.20. The van der Waals surface area contributed by atoms with Crippen LogP contribution in [0.3, 0.4) is 0 Å². The molecule has 0 aromatic carbocycles. The fourth-order valence-corrected chi connectivity index (χ4v) is 1.43. The molecule has 0 atom stereocenters. The average Bonchev–Trinajstić information content (AvgIpc) is 2.78. The van der Waals surface area contributed by atoms with Gasteiger partial charge < -0.3 is 15.1 Å². The number of nitrogens with zero attached hydrogens (tertiary/aromatic N) is 4. The summed E-state index contributed by atoms with van der Waals surface area (Å²) in [5.74, 6) is -1.37. The third-order valence-electron chi connectivity index (χ3n) is 2.38. The van der Waals surface area contributed by atoms with Crippen molar-refractivity contribution in [3.05, 3.63) is 11.9 Å². The second kappa shape index (κ2) is 6.70. The summed E-state index contributed by atoms with van der Waals surface area (Å²) < 4.78 is 1.19. The second-order valence-corrected chi connectivity index (χ2v) is 3.66. The Morgan fingerprint density at radius 1 is 1.50 bits per heavy atom. The zero-order valence-corrected chi connectivity index (χ0v) is 10.1. The third-order valence-corrected chi connectivity index (χ3v) is 2.38. The van der Waals surface area contributed by atoms with E-state index in [0.717, 1.165) is 0 Å². The van der Waals surface area contributed by atoms with Gasteiger partial charge in [0.25, 0.3) is 0 Å². The summed E-state index contributed by atoms with van der Waals surface area (Å²) in [6.07, 6.45) is 1.72. The van der Waals surface area contributed by atoms with Crippen molar-refractivity contribution in [3.63, 3.8) is 0 Å². The maximum absolute atomic E-state index is 11.8. The van der Waals surface area contributed by atoms with Crippen LogP contribution in [0.25, 0.3) is 0 Å². The van der Waals surface area contributed by atoms with E-state index in [2.05, 4.69) is 10.3 Å². The van der Waals surface area contributed by atoms with Crippen LogP contribution in [0, 0.1) is 0 Å². The Balaban J connectivity index is 2.58. The summed E-state index contributed by atoms with van der Waals surface area (Å²) in [5, 5.41) is 24.4. The first-order valence-corrected chi connectivity index (χ1v) is 5.60. The van der Waals surface area contributed by atoms with Gasteiger partial charge in [-0.25, -0.2) is 9.48 Å². The molecule has 0 aliphatic carbocycles. The summed E-state index contributed by atoms with van der Waals surface area (Å²) in [5.41, 5.74) is -0.193. The van der Waals surface area contributed by atoms with Gasteiger partial charge in [0.2, 0.25) is 5.91 Å². The van der Waals surface area contributed by atoms with Crippen LogP contribution in [-0.2, 0) is 11.3 Å². The van der Waals surface area contributed by atoms with Gasteiger partial charge in [0.1, 0.15) is 6.54 Å². The van der Waals surface area contributed by atoms with Crippen LogP contribution in [0.5, 0.6) is 0 Å². The Kier molecular flexibility index (Phi) is 5.25. The fourth-order valence-electron chi connectivity index (χ4n) is 1.43. The summed E-state index contributed by atoms with van der Waals surface area (Å²) in [4.78, 5) is 24.0. The Morgan fingerprint density at radius 3 is 2.72 bits per heavy atom. The van der Waals surface area contributed by atoms with Crippen LogP contribution in [-0.4, -0.2) is 61.7 Å². The van der Waals surface area contributed by atoms with Crippen molar-refractivity contribution >= 4 is 11.9 Å². The van der Waals surface area contributed by atoms with Gasteiger partial charge in [0, 0.05) is 19.7 Å². The molecule has 0 bridgehead atoms. The van der Waals surface area contributed by atoms with Crippen molar-refractivity contribution in [2.45, 2.75) is 19.9 Å². The molecule has 0 unspecified atom stereocenters. The number of rotatable bonds is 7. The maximum Gasteiger partial charge on any atom is 0.358 e. The molecule has 8 nitrogen and oxygen atoms in total. The molecule has 0 saturated carbocycles. The smallest absolute Gasteiger partial charge is 0.358 e. The second-order valence-electron chi connectivity index (χ2n) is 3.66. The number of likely N-dealkylation sites (N-methyl/N-ethyl adjacent to an activating group) is 1. The highest BCUT2D eigenvalue weighted by atomic mass is 16.4. The van der Waals surface area contributed by atoms with Gasteiger partial charge >= 0.3 is 5.97 Å². The minimum atomic E-state index is -1.18. The fraction of sp³-hybridized carbons (Fsp3) is 0.600. The molecule has 1 heterocycles. The zero-order valence-electron chi connectivity index (χ0n) is 10.1. The Morgan fingerprint density at radius 2 is 2.22 bits per heavy atom. The normalized spacial score (nSPS) is 10.3. The first kappa shape index (κ1) is 14.1. The molecule has 2 N–H and O–H groups in total. The molecular weight excluding hydrogens is 240 g/mol. The lowest BCUT2D eigenvalue weighted by Crippen LogP contribution is -2.35. The number of aliphatic hydroxyl groups excluding tert-OH is 1. The lowest BCUT2D eigenvalue weighted by atomic mass is 10.3. The molecule has 1 aromatic rings. The van der Waals surface area contributed by atoms with E-state index in [1.165, 1.54) is 10.9 Å². The summed E-state index contributed by atoms with van der Waals surface area (Å²) in [6, 6.07) is 0. The van der Waals surface area contributed by atoms with Crippen LogP contribution in [0.1, 0.15) is 23.8 Å². The summed E-state index contributed by atoms with van der Waals surface area (Å²) in [6.45, 7) is 2.79. The van der Waals surface area contributed by atoms with Crippen molar-refractivity contribution in [1.29, 1.82) is 0 Å². The van der Waals surface area contributed by atoms with E-state index in [1.807, 2.05) is 6.92 Å². The van der Waals surface area contributed by atoms with E-state index in [0.29, 0.717) is 19.5 Å². The number of aliphatic hydroxyl groups is 1. The largest absolute Gasteiger partial charge is 0.476 e. The van der Waals surface area contributed by atoms with Gasteiger partial charge in [-0.3, -0.25) is 4.79 Å². The highest BCUT2D eigenvalue weighted by Gasteiger charge is 2.14. The molecule has 0 fully saturated rings. The van der Waals surface area contributed by atoms with Crippen molar-refractivity contribution in [2.75, 3.05) is 19.7 Å². The first-order chi connectivity index (χ1) is 8.58. The minimum Gasteiger partial charge on any atom is -0.476 e. The summed E-state index contributed by atoms with van der Waals surface area (Å²) >= 11 is 0. The van der Waals surface area contributed by atoms with Crippen LogP contribution in [0.2, 0.25) is 0 Å². The number of aromatic carboxylic acids is 1. The predicted octanol–water partition coefficient (Wildman–Crippen LogP) is -0.793. The molecule has 1 amide bonds. The lowest BCUT2D eigenvalue weighted by molar-refractivity contribution is -0.132. The van der Waals surface area contributed by atoms with E-state index >= 15 is 0 Å². The number of carbonyl (C=O) groups is 2. The van der Waals surface area contributed by atoms with Crippen LogP contribution in [0.15, 0.2) is 6.20 Å². The van der Waals surface area contributed by atoms with Crippen LogP contribution >= 0.6 is 0 Å². The molecule has 0 radical (unpaired) electrons. The SMILES string of the molecule is CCN(CCCO)C(=O)Cn1cc(C(=O)O)nn1. The quantitative estimate of drug-likeness (QED) is 0.661. The number of amides is 1. The van der Waals surface area contributed by atoms with Crippen molar-refractivity contribution in [3.8, 4) is 0 Å². The molecule has 0 saturated heterocycles. The molecule has 1 aromatic heterocycles. The number of carboxylic acid groups (broad SMARTS) is 1. The molecule has 1 rings (SSSR count). The predicted molar refractivity (Wildman–Crippen MR) is 60.9 cm³/mol. The van der Waals surface area contributed by atoms with E-state index < -0.39 is 5.97 Å². The highest BCUT2D eigenvalue weighted by Crippen LogP contribution is 1.97. The standard InChI is InChI=1S/C10H16N4O4/c1-2-13(4-3-5-15)9(16)7-14-6-8(10(17)18)11-12-14/h6,15H,2-5,7H2,1H3,(H,17,18). The molecule has 0 spiro atoms. The van der Waals surface area contributed by atoms with Crippen molar-refractivity contribution < 1.29 is 19.8 Å². The number of hydrogen-bond acceptors (Lipinski definition) is 5. The van der Waals surface area contributed by atoms with Crippen molar-refractivity contribution in [2.24, 2.45) is 0 Å². The molecule has 8 heteroatoms. The van der Waals surface area contributed by atoms with Gasteiger partial charge in [-0.05, 0) is 13.3 Å². The average molecular weight is 256 g/mol. The van der Waals surface area contributed by atoms with E-state index in [1.54, 1.807) is 4.90 Å².